The molecule has 29 heavy (non-hydrogen) atoms. The monoisotopic (exact) mass is 669 g/mol. The van der Waals surface area contributed by atoms with Crippen LogP contribution in [0.2, 0.25) is 10.0 Å². The number of unbranched alkanes of at least 4 members (excludes halogenated alkanes) is 1. The number of benzene rings is 1. The number of hydrogen-bond acceptors (Lipinski definition) is 2. The third-order valence-electron chi connectivity index (χ3n) is 4.75. The Morgan fingerprint density at radius 1 is 1.34 bits per heavy atom. The van der Waals surface area contributed by atoms with E-state index in [-0.39, 0.29) is 55.4 Å². The largest absolute Gasteiger partial charge is 0.461 e. The molecule has 1 radical (unpaired) electrons. The van der Waals surface area contributed by atoms with Gasteiger partial charge < -0.3 is 11.7 Å². The van der Waals surface area contributed by atoms with Crippen molar-refractivity contribution >= 4 is 40.8 Å². The van der Waals surface area contributed by atoms with Crippen LogP contribution >= 0.6 is 34.8 Å². The first-order chi connectivity index (χ1) is 13.3. The van der Waals surface area contributed by atoms with Crippen molar-refractivity contribution in [3.8, 4) is 0 Å². The van der Waals surface area contributed by atoms with Crippen molar-refractivity contribution in [1.82, 2.24) is 0 Å². The molecule has 0 saturated heterocycles. The van der Waals surface area contributed by atoms with Crippen LogP contribution in [-0.2, 0) is 9.53 Å². The Balaban J connectivity index is 0.000000729. The number of carbonyl (C=O) groups is 1. The van der Waals surface area contributed by atoms with Gasteiger partial charge in [0.1, 0.15) is 6.61 Å². The number of rotatable bonds is 8. The molecule has 1 aliphatic rings. The van der Waals surface area contributed by atoms with Crippen LogP contribution in [0.15, 0.2) is 43.0 Å². The van der Waals surface area contributed by atoms with Crippen LogP contribution in [0.4, 0.5) is 0 Å². The summed E-state index contributed by atoms with van der Waals surface area (Å²) in [6.07, 6.45) is 10.2. The van der Waals surface area contributed by atoms with E-state index >= 15 is 0 Å². The molecule has 6 heteroatoms. The average Bonchev–Trinajstić information content (AvgIpc) is 2.88. The summed E-state index contributed by atoms with van der Waals surface area (Å²) in [5.74, 6) is 1.41. The van der Waals surface area contributed by atoms with Crippen molar-refractivity contribution in [2.45, 2.75) is 44.4 Å². The molecule has 1 aromatic rings. The summed E-state index contributed by atoms with van der Waals surface area (Å²) in [5.41, 5.74) is 0. The van der Waals surface area contributed by atoms with Crippen LogP contribution in [0, 0.1) is 74.8 Å². The second-order valence-corrected chi connectivity index (χ2v) is 8.43. The van der Waals surface area contributed by atoms with Gasteiger partial charge in [-0.15, -0.1) is 17.7 Å². The summed E-state index contributed by atoms with van der Waals surface area (Å²) >= 11 is 17.4. The normalized spacial score (nSPS) is 23.1. The van der Waals surface area contributed by atoms with Crippen molar-refractivity contribution in [3.63, 3.8) is 0 Å². The Hall–Kier alpha value is 0.482. The van der Waals surface area contributed by atoms with E-state index in [1.54, 1.807) is 24.3 Å². The van der Waals surface area contributed by atoms with E-state index in [1.165, 1.54) is 0 Å². The van der Waals surface area contributed by atoms with Crippen molar-refractivity contribution < 1.29 is 53.6 Å². The van der Waals surface area contributed by atoms with Crippen molar-refractivity contribution in [2.75, 3.05) is 6.61 Å². The zero-order valence-corrected chi connectivity index (χ0v) is 24.0. The standard InChI is InChI=1S/C17H26ClO2.C6H3Cl2.Ac/c1-4-11-20-17(19)10-8-6-5-7-9-15-14(3)13(2)12-16(15)18;7-5-2-1-3-6(8)4-5;/h4-5,7,13-16H,1,3,6,8-12H2,2H3;2-4H;/q2*-1;/b7-5-;;/t13-,14+,15-,16-;;/m1../s1. The van der Waals surface area contributed by atoms with Gasteiger partial charge in [-0.05, 0) is 31.6 Å². The zero-order valence-electron chi connectivity index (χ0n) is 17.0. The van der Waals surface area contributed by atoms with Crippen LogP contribution in [-0.4, -0.2) is 18.0 Å². The number of alkyl halides is 1. The number of carbonyl (C=O) groups excluding carboxylic acids is 1. The molecule has 0 aliphatic heterocycles. The van der Waals surface area contributed by atoms with E-state index in [4.69, 9.17) is 39.5 Å². The van der Waals surface area contributed by atoms with Crippen molar-refractivity contribution in [2.24, 2.45) is 17.8 Å². The maximum Gasteiger partial charge on any atom is 0.306 e. The third-order valence-corrected chi connectivity index (χ3v) is 5.69. The molecule has 0 spiro atoms. The third kappa shape index (κ3) is 12.8. The second-order valence-electron chi connectivity index (χ2n) is 7.00. The molecule has 0 bridgehead atoms. The van der Waals surface area contributed by atoms with E-state index in [1.807, 2.05) is 0 Å². The van der Waals surface area contributed by atoms with E-state index in [2.05, 4.69) is 38.6 Å². The topological polar surface area (TPSA) is 26.3 Å². The van der Waals surface area contributed by atoms with Crippen LogP contribution in [0.1, 0.15) is 39.0 Å². The maximum absolute atomic E-state index is 11.2. The first-order valence-corrected chi connectivity index (χ1v) is 10.7. The van der Waals surface area contributed by atoms with Crippen molar-refractivity contribution in [1.29, 1.82) is 0 Å². The Morgan fingerprint density at radius 2 is 2.00 bits per heavy atom. The minimum atomic E-state index is -0.151. The number of esters is 1. The van der Waals surface area contributed by atoms with Gasteiger partial charge in [-0.25, -0.2) is 0 Å². The van der Waals surface area contributed by atoms with Crippen LogP contribution < -0.4 is 0 Å². The first kappa shape index (κ1) is 29.5. The van der Waals surface area contributed by atoms with Gasteiger partial charge in [0.15, 0.2) is 0 Å². The molecule has 0 aromatic heterocycles. The summed E-state index contributed by atoms with van der Waals surface area (Å²) in [6, 6.07) is 7.75. The molecule has 4 atom stereocenters. The molecule has 1 aliphatic carbocycles. The molecule has 0 amide bonds. The molecule has 1 saturated carbocycles. The molecule has 2 rings (SSSR count). The second kappa shape index (κ2) is 17.1. The van der Waals surface area contributed by atoms with Gasteiger partial charge in [-0.1, -0.05) is 47.7 Å². The van der Waals surface area contributed by atoms with Crippen LogP contribution in [0.5, 0.6) is 0 Å². The van der Waals surface area contributed by atoms with E-state index in [0.29, 0.717) is 40.8 Å². The Morgan fingerprint density at radius 3 is 2.48 bits per heavy atom. The number of hydrogen-bond donors (Lipinski definition) is 0. The fourth-order valence-corrected chi connectivity index (χ4v) is 4.08. The number of halogens is 3. The van der Waals surface area contributed by atoms with E-state index in [9.17, 15) is 4.79 Å². The molecule has 1 fully saturated rings. The Bertz CT molecular complexity index is 619. The van der Waals surface area contributed by atoms with Crippen molar-refractivity contribution in [3.05, 3.63) is 66.0 Å². The summed E-state index contributed by atoms with van der Waals surface area (Å²) in [5, 5.41) is 1.50. The minimum Gasteiger partial charge on any atom is -0.461 e. The molecule has 0 heterocycles. The fourth-order valence-electron chi connectivity index (χ4n) is 3.09. The van der Waals surface area contributed by atoms with Crippen LogP contribution in [0.3, 0.4) is 0 Å². The van der Waals surface area contributed by atoms with Gasteiger partial charge in [0.2, 0.25) is 0 Å². The number of ether oxygens (including phenoxy) is 1. The van der Waals surface area contributed by atoms with Gasteiger partial charge >= 0.3 is 5.97 Å². The molecule has 1 aromatic carbocycles. The molecular weight excluding hydrogens is 642 g/mol. The van der Waals surface area contributed by atoms with Gasteiger partial charge in [-0.2, -0.15) is 47.3 Å². The molecule has 0 N–H and O–H groups in total. The summed E-state index contributed by atoms with van der Waals surface area (Å²) < 4.78 is 4.91. The summed E-state index contributed by atoms with van der Waals surface area (Å²) in [4.78, 5) is 11.2. The molecule has 159 valence electrons. The predicted molar refractivity (Wildman–Crippen MR) is 120 cm³/mol. The fraction of sp³-hybridized carbons (Fsp3) is 0.478. The quantitative estimate of drug-likeness (QED) is 0.0952. The van der Waals surface area contributed by atoms with Gasteiger partial charge in [-0.3, -0.25) is 4.79 Å². The molecule has 0 unspecified atom stereocenters. The van der Waals surface area contributed by atoms with E-state index < -0.39 is 0 Å². The zero-order chi connectivity index (χ0) is 20.9. The van der Waals surface area contributed by atoms with Gasteiger partial charge in [0.25, 0.3) is 0 Å². The average molecular weight is 671 g/mol. The number of allylic oxidation sites excluding steroid dienone is 2. The SMILES string of the molecule is C=CCOC(=O)CCC/C=C\C[C@@H]1[C@@H]([CH2-])[C@H](C)C[C@H]1Cl.Clc1c[c-]cc(Cl)c1.[Ac]. The van der Waals surface area contributed by atoms with Gasteiger partial charge in [0, 0.05) is 55.9 Å². The summed E-state index contributed by atoms with van der Waals surface area (Å²) in [6.45, 7) is 10.3. The predicted octanol–water partition coefficient (Wildman–Crippen LogP) is 7.34. The van der Waals surface area contributed by atoms with Gasteiger partial charge in [0.05, 0.1) is 0 Å². The van der Waals surface area contributed by atoms with Crippen LogP contribution in [0.25, 0.3) is 0 Å². The Kier molecular flexibility index (Phi) is 17.4. The smallest absolute Gasteiger partial charge is 0.306 e. The van der Waals surface area contributed by atoms with E-state index in [0.717, 1.165) is 25.7 Å². The molecule has 2 nitrogen and oxygen atoms in total. The first-order valence-electron chi connectivity index (χ1n) is 9.56. The maximum atomic E-state index is 11.2. The summed E-state index contributed by atoms with van der Waals surface area (Å²) in [7, 11) is 0. The minimum absolute atomic E-state index is 0. The molecular formula is C23H29AcCl3O2-2. The Labute approximate surface area is 226 Å².